The molecule has 0 aromatic heterocycles. The molecule has 4 heteroatoms. The normalized spacial score (nSPS) is 11.7. The summed E-state index contributed by atoms with van der Waals surface area (Å²) in [5.41, 5.74) is 7.94. The molecule has 1 amide bonds. The lowest BCUT2D eigenvalue weighted by atomic mass is 9.84. The van der Waals surface area contributed by atoms with Gasteiger partial charge in [-0.25, -0.2) is 0 Å². The number of hydrogen-bond acceptors (Lipinski definition) is 3. The molecular formula is C15H24N2O2. The molecule has 1 aromatic rings. The molecule has 106 valence electrons. The molecule has 1 rings (SSSR count). The Morgan fingerprint density at radius 3 is 2.26 bits per heavy atom. The van der Waals surface area contributed by atoms with Crippen molar-refractivity contribution in [3.63, 3.8) is 0 Å². The Hall–Kier alpha value is -1.55. The van der Waals surface area contributed by atoms with E-state index in [0.29, 0.717) is 17.9 Å². The third kappa shape index (κ3) is 3.70. The molecule has 19 heavy (non-hydrogen) atoms. The van der Waals surface area contributed by atoms with Gasteiger partial charge in [-0.1, -0.05) is 26.8 Å². The molecule has 1 aromatic carbocycles. The number of amides is 1. The van der Waals surface area contributed by atoms with E-state index in [9.17, 15) is 4.79 Å². The van der Waals surface area contributed by atoms with Gasteiger partial charge >= 0.3 is 0 Å². The first-order valence-corrected chi connectivity index (χ1v) is 6.32. The molecule has 0 saturated carbocycles. The molecule has 0 radical (unpaired) electrons. The zero-order valence-electron chi connectivity index (χ0n) is 12.7. The van der Waals surface area contributed by atoms with Gasteiger partial charge in [0.2, 0.25) is 0 Å². The van der Waals surface area contributed by atoms with Gasteiger partial charge in [-0.2, -0.15) is 0 Å². The molecule has 4 nitrogen and oxygen atoms in total. The lowest BCUT2D eigenvalue weighted by Crippen LogP contribution is -2.20. The number of ether oxygens (including phenoxy) is 1. The summed E-state index contributed by atoms with van der Waals surface area (Å²) in [6.45, 7) is 7.03. The van der Waals surface area contributed by atoms with E-state index in [0.717, 1.165) is 11.1 Å². The molecule has 0 aliphatic rings. The minimum Gasteiger partial charge on any atom is -0.496 e. The zero-order valence-corrected chi connectivity index (χ0v) is 12.7. The van der Waals surface area contributed by atoms with Gasteiger partial charge in [-0.05, 0) is 31.1 Å². The molecule has 2 N–H and O–H groups in total. The van der Waals surface area contributed by atoms with Crippen LogP contribution in [0.15, 0.2) is 12.1 Å². The maximum absolute atomic E-state index is 11.6. The second-order valence-electron chi connectivity index (χ2n) is 6.07. The smallest absolute Gasteiger partial charge is 0.252 e. The van der Waals surface area contributed by atoms with E-state index >= 15 is 0 Å². The highest BCUT2D eigenvalue weighted by Crippen LogP contribution is 2.32. The second kappa shape index (κ2) is 5.61. The average Bonchev–Trinajstić information content (AvgIpc) is 2.25. The highest BCUT2D eigenvalue weighted by molar-refractivity contribution is 5.96. The van der Waals surface area contributed by atoms with Crippen LogP contribution in [-0.2, 0) is 12.0 Å². The van der Waals surface area contributed by atoms with Crippen LogP contribution >= 0.6 is 0 Å². The standard InChI is InChI=1S/C15H24N2O2/c1-15(2,3)11-7-10(9-17(4)5)13(19-6)12(8-11)14(16)18/h7-8H,9H2,1-6H3,(H2,16,18). The maximum atomic E-state index is 11.6. The average molecular weight is 264 g/mol. The summed E-state index contributed by atoms with van der Waals surface area (Å²) in [5, 5.41) is 0. The second-order valence-corrected chi connectivity index (χ2v) is 6.07. The van der Waals surface area contributed by atoms with Crippen LogP contribution in [0.1, 0.15) is 42.3 Å². The number of primary amides is 1. The highest BCUT2D eigenvalue weighted by atomic mass is 16.5. The van der Waals surface area contributed by atoms with E-state index in [-0.39, 0.29) is 5.41 Å². The maximum Gasteiger partial charge on any atom is 0.252 e. The lowest BCUT2D eigenvalue weighted by Gasteiger charge is -2.24. The molecule has 0 saturated heterocycles. The number of nitrogens with two attached hydrogens (primary N) is 1. The van der Waals surface area contributed by atoms with Gasteiger partial charge in [0.15, 0.2) is 0 Å². The summed E-state index contributed by atoms with van der Waals surface area (Å²) in [7, 11) is 5.53. The number of methoxy groups -OCH3 is 1. The van der Waals surface area contributed by atoms with Crippen molar-refractivity contribution in [3.8, 4) is 5.75 Å². The van der Waals surface area contributed by atoms with Gasteiger partial charge < -0.3 is 15.4 Å². The lowest BCUT2D eigenvalue weighted by molar-refractivity contribution is 0.0997. The predicted molar refractivity (Wildman–Crippen MR) is 77.6 cm³/mol. The Balaban J connectivity index is 3.49. The van der Waals surface area contributed by atoms with Crippen molar-refractivity contribution < 1.29 is 9.53 Å². The Kier molecular flexibility index (Phi) is 4.58. The molecule has 0 unspecified atom stereocenters. The van der Waals surface area contributed by atoms with Gasteiger partial charge in [0.25, 0.3) is 5.91 Å². The SMILES string of the molecule is COc1c(CN(C)C)cc(C(C)(C)C)cc1C(N)=O. The first-order valence-electron chi connectivity index (χ1n) is 6.32. The zero-order chi connectivity index (χ0) is 14.8. The minimum absolute atomic E-state index is 0.0441. The van der Waals surface area contributed by atoms with Crippen LogP contribution in [-0.4, -0.2) is 32.0 Å². The van der Waals surface area contributed by atoms with Crippen molar-refractivity contribution in [2.45, 2.75) is 32.7 Å². The fourth-order valence-electron chi connectivity index (χ4n) is 2.00. The van der Waals surface area contributed by atoms with Crippen LogP contribution < -0.4 is 10.5 Å². The van der Waals surface area contributed by atoms with E-state index in [1.807, 2.05) is 25.1 Å². The number of carbonyl (C=O) groups is 1. The molecule has 0 spiro atoms. The predicted octanol–water partition coefficient (Wildman–Crippen LogP) is 2.15. The Bertz CT molecular complexity index is 474. The summed E-state index contributed by atoms with van der Waals surface area (Å²) in [5.74, 6) is 0.122. The Morgan fingerprint density at radius 2 is 1.89 bits per heavy atom. The number of hydrogen-bond donors (Lipinski definition) is 1. The number of nitrogens with zero attached hydrogens (tertiary/aromatic N) is 1. The summed E-state index contributed by atoms with van der Waals surface area (Å²) in [6.07, 6.45) is 0. The van der Waals surface area contributed by atoms with E-state index in [4.69, 9.17) is 10.5 Å². The van der Waals surface area contributed by atoms with Crippen LogP contribution in [0.2, 0.25) is 0 Å². The van der Waals surface area contributed by atoms with Crippen LogP contribution in [0.4, 0.5) is 0 Å². The quantitative estimate of drug-likeness (QED) is 0.906. The highest BCUT2D eigenvalue weighted by Gasteiger charge is 2.21. The first-order chi connectivity index (χ1) is 8.66. The summed E-state index contributed by atoms with van der Waals surface area (Å²) >= 11 is 0. The fourth-order valence-corrected chi connectivity index (χ4v) is 2.00. The first kappa shape index (κ1) is 15.5. The van der Waals surface area contributed by atoms with E-state index in [1.165, 1.54) is 0 Å². The molecule has 0 aliphatic heterocycles. The van der Waals surface area contributed by atoms with Gasteiger partial charge in [-0.15, -0.1) is 0 Å². The Morgan fingerprint density at radius 1 is 1.32 bits per heavy atom. The topological polar surface area (TPSA) is 55.6 Å². The molecule has 0 atom stereocenters. The van der Waals surface area contributed by atoms with Gasteiger partial charge in [-0.3, -0.25) is 4.79 Å². The third-order valence-corrected chi connectivity index (χ3v) is 2.99. The van der Waals surface area contributed by atoms with Crippen molar-refractivity contribution in [2.24, 2.45) is 5.73 Å². The van der Waals surface area contributed by atoms with E-state index in [2.05, 4.69) is 26.8 Å². The van der Waals surface area contributed by atoms with E-state index < -0.39 is 5.91 Å². The van der Waals surface area contributed by atoms with E-state index in [1.54, 1.807) is 7.11 Å². The van der Waals surface area contributed by atoms with Crippen LogP contribution in [0.25, 0.3) is 0 Å². The third-order valence-electron chi connectivity index (χ3n) is 2.99. The van der Waals surface area contributed by atoms with Crippen molar-refractivity contribution in [1.82, 2.24) is 4.90 Å². The summed E-state index contributed by atoms with van der Waals surface area (Å²) < 4.78 is 5.38. The van der Waals surface area contributed by atoms with Crippen molar-refractivity contribution in [3.05, 3.63) is 28.8 Å². The number of carbonyl (C=O) groups excluding carboxylic acids is 1. The summed E-state index contributed by atoms with van der Waals surface area (Å²) in [6, 6.07) is 3.92. The number of benzene rings is 1. The van der Waals surface area contributed by atoms with Gasteiger partial charge in [0.1, 0.15) is 5.75 Å². The molecule has 0 heterocycles. The van der Waals surface area contributed by atoms with Crippen LogP contribution in [0, 0.1) is 0 Å². The van der Waals surface area contributed by atoms with Crippen LogP contribution in [0.5, 0.6) is 5.75 Å². The summed E-state index contributed by atoms with van der Waals surface area (Å²) in [4.78, 5) is 13.7. The monoisotopic (exact) mass is 264 g/mol. The van der Waals surface area contributed by atoms with Crippen molar-refractivity contribution in [2.75, 3.05) is 21.2 Å². The number of rotatable bonds is 4. The minimum atomic E-state index is -0.456. The van der Waals surface area contributed by atoms with Crippen LogP contribution in [0.3, 0.4) is 0 Å². The van der Waals surface area contributed by atoms with Crippen molar-refractivity contribution >= 4 is 5.91 Å². The van der Waals surface area contributed by atoms with Gasteiger partial charge in [0.05, 0.1) is 12.7 Å². The molecule has 0 fully saturated rings. The molecular weight excluding hydrogens is 240 g/mol. The Labute approximate surface area is 115 Å². The van der Waals surface area contributed by atoms with Gasteiger partial charge in [0, 0.05) is 12.1 Å². The fraction of sp³-hybridized carbons (Fsp3) is 0.533. The molecule has 0 aliphatic carbocycles. The largest absolute Gasteiger partial charge is 0.496 e. The molecule has 0 bridgehead atoms. The van der Waals surface area contributed by atoms with Crippen molar-refractivity contribution in [1.29, 1.82) is 0 Å².